The molecule has 20 heavy (non-hydrogen) atoms. The van der Waals surface area contributed by atoms with E-state index in [0.29, 0.717) is 13.0 Å². The van der Waals surface area contributed by atoms with Gasteiger partial charge >= 0.3 is 11.9 Å². The van der Waals surface area contributed by atoms with Crippen LogP contribution >= 0.6 is 0 Å². The first kappa shape index (κ1) is 14.5. The van der Waals surface area contributed by atoms with E-state index in [9.17, 15) is 9.59 Å². The highest BCUT2D eigenvalue weighted by Gasteiger charge is 2.60. The van der Waals surface area contributed by atoms with Crippen molar-refractivity contribution in [2.24, 2.45) is 0 Å². The lowest BCUT2D eigenvalue weighted by Gasteiger charge is -2.50. The van der Waals surface area contributed by atoms with Crippen molar-refractivity contribution in [3.63, 3.8) is 0 Å². The van der Waals surface area contributed by atoms with Crippen LogP contribution in [0.1, 0.15) is 24.9 Å². The van der Waals surface area contributed by atoms with Gasteiger partial charge in [-0.15, -0.1) is 0 Å². The third kappa shape index (κ3) is 2.08. The second-order valence-corrected chi connectivity index (χ2v) is 4.87. The number of ether oxygens (including phenoxy) is 2. The van der Waals surface area contributed by atoms with Crippen LogP contribution in [0.2, 0.25) is 0 Å². The summed E-state index contributed by atoms with van der Waals surface area (Å²) in [6.07, 6.45) is 0.420. The molecule has 0 unspecified atom stereocenters. The van der Waals surface area contributed by atoms with Gasteiger partial charge in [0, 0.05) is 19.0 Å². The Balaban J connectivity index is 2.32. The monoisotopic (exact) mass is 277 g/mol. The third-order valence-corrected chi connectivity index (χ3v) is 4.00. The number of hydrogen-bond donors (Lipinski definition) is 0. The quantitative estimate of drug-likeness (QED) is 0.617. The normalized spacial score (nSPS) is 18.8. The molecule has 0 spiro atoms. The van der Waals surface area contributed by atoms with E-state index < -0.39 is 17.5 Å². The molecule has 5 heteroatoms. The Labute approximate surface area is 118 Å². The van der Waals surface area contributed by atoms with E-state index in [4.69, 9.17) is 9.47 Å². The Morgan fingerprint density at radius 3 is 2.10 bits per heavy atom. The lowest BCUT2D eigenvalue weighted by atomic mass is 9.81. The van der Waals surface area contributed by atoms with E-state index >= 15 is 0 Å². The van der Waals surface area contributed by atoms with Crippen molar-refractivity contribution in [3.05, 3.63) is 35.9 Å². The van der Waals surface area contributed by atoms with Gasteiger partial charge in [0.15, 0.2) is 0 Å². The summed E-state index contributed by atoms with van der Waals surface area (Å²) in [6.45, 7) is 2.62. The van der Waals surface area contributed by atoms with Crippen molar-refractivity contribution in [2.75, 3.05) is 20.8 Å². The van der Waals surface area contributed by atoms with Crippen molar-refractivity contribution in [1.29, 1.82) is 0 Å². The van der Waals surface area contributed by atoms with Gasteiger partial charge in [0.1, 0.15) is 0 Å². The number of methoxy groups -OCH3 is 2. The Kier molecular flexibility index (Phi) is 4.09. The largest absolute Gasteiger partial charge is 0.467 e. The number of rotatable bonds is 4. The zero-order valence-corrected chi connectivity index (χ0v) is 12.0. The van der Waals surface area contributed by atoms with Crippen LogP contribution in [-0.4, -0.2) is 43.1 Å². The van der Waals surface area contributed by atoms with Gasteiger partial charge in [-0.2, -0.15) is 0 Å². The predicted octanol–water partition coefficient (Wildman–Crippen LogP) is 1.54. The highest BCUT2D eigenvalue weighted by Crippen LogP contribution is 2.40. The molecule has 1 heterocycles. The van der Waals surface area contributed by atoms with Gasteiger partial charge in [-0.3, -0.25) is 4.90 Å². The Morgan fingerprint density at radius 2 is 1.70 bits per heavy atom. The number of carbonyl (C=O) groups excluding carboxylic acids is 2. The molecule has 0 N–H and O–H groups in total. The van der Waals surface area contributed by atoms with Crippen LogP contribution in [0.5, 0.6) is 0 Å². The van der Waals surface area contributed by atoms with Gasteiger partial charge in [0.25, 0.3) is 0 Å². The molecule has 0 aromatic heterocycles. The van der Waals surface area contributed by atoms with Gasteiger partial charge in [-0.1, -0.05) is 30.3 Å². The predicted molar refractivity (Wildman–Crippen MR) is 72.9 cm³/mol. The lowest BCUT2D eigenvalue weighted by molar-refractivity contribution is -0.187. The van der Waals surface area contributed by atoms with Crippen LogP contribution in [0.25, 0.3) is 0 Å². The molecule has 1 aromatic rings. The summed E-state index contributed by atoms with van der Waals surface area (Å²) < 4.78 is 9.63. The van der Waals surface area contributed by atoms with Crippen LogP contribution in [0.15, 0.2) is 30.3 Å². The number of esters is 2. The molecule has 5 nitrogen and oxygen atoms in total. The molecule has 1 aliphatic heterocycles. The van der Waals surface area contributed by atoms with Crippen molar-refractivity contribution in [2.45, 2.75) is 24.9 Å². The smallest absolute Gasteiger partial charge is 0.338 e. The van der Waals surface area contributed by atoms with Gasteiger partial charge in [-0.25, -0.2) is 9.59 Å². The first-order chi connectivity index (χ1) is 9.57. The fraction of sp³-hybridized carbons (Fsp3) is 0.467. The molecular formula is C15H19NO4. The van der Waals surface area contributed by atoms with Gasteiger partial charge in [0.05, 0.1) is 14.2 Å². The minimum Gasteiger partial charge on any atom is -0.467 e. The molecule has 1 aliphatic rings. The summed E-state index contributed by atoms with van der Waals surface area (Å²) in [4.78, 5) is 26.0. The zero-order valence-electron chi connectivity index (χ0n) is 12.0. The summed E-state index contributed by atoms with van der Waals surface area (Å²) >= 11 is 0. The molecule has 0 amide bonds. The van der Waals surface area contributed by atoms with Gasteiger partial charge in [0.2, 0.25) is 5.54 Å². The van der Waals surface area contributed by atoms with Crippen LogP contribution < -0.4 is 0 Å². The van der Waals surface area contributed by atoms with Crippen LogP contribution in [0.3, 0.4) is 0 Å². The third-order valence-electron chi connectivity index (χ3n) is 4.00. The second kappa shape index (κ2) is 5.63. The molecule has 1 fully saturated rings. The van der Waals surface area contributed by atoms with E-state index in [-0.39, 0.29) is 6.04 Å². The topological polar surface area (TPSA) is 55.8 Å². The summed E-state index contributed by atoms with van der Waals surface area (Å²) in [5.41, 5.74) is -0.261. The molecule has 0 aliphatic carbocycles. The summed E-state index contributed by atoms with van der Waals surface area (Å²) in [6, 6.07) is 9.68. The first-order valence-corrected chi connectivity index (χ1v) is 6.56. The number of likely N-dealkylation sites (tertiary alicyclic amines) is 1. The number of hydrogen-bond acceptors (Lipinski definition) is 5. The van der Waals surface area contributed by atoms with E-state index in [0.717, 1.165) is 5.56 Å². The zero-order chi connectivity index (χ0) is 14.8. The maximum absolute atomic E-state index is 12.1. The van der Waals surface area contributed by atoms with E-state index in [1.807, 2.05) is 42.2 Å². The maximum Gasteiger partial charge on any atom is 0.338 e. The van der Waals surface area contributed by atoms with Crippen LogP contribution in [0, 0.1) is 0 Å². The Morgan fingerprint density at radius 1 is 1.15 bits per heavy atom. The minimum atomic E-state index is -1.31. The first-order valence-electron chi connectivity index (χ1n) is 6.56. The molecular weight excluding hydrogens is 258 g/mol. The van der Waals surface area contributed by atoms with E-state index in [1.165, 1.54) is 14.2 Å². The lowest BCUT2D eigenvalue weighted by Crippen LogP contribution is -2.70. The molecule has 0 bridgehead atoms. The average Bonchev–Trinajstić information content (AvgIpc) is 2.46. The van der Waals surface area contributed by atoms with Crippen molar-refractivity contribution in [1.82, 2.24) is 4.90 Å². The summed E-state index contributed by atoms with van der Waals surface area (Å²) in [5, 5.41) is 0. The van der Waals surface area contributed by atoms with Gasteiger partial charge in [-0.05, 0) is 12.5 Å². The van der Waals surface area contributed by atoms with Crippen LogP contribution in [0.4, 0.5) is 0 Å². The van der Waals surface area contributed by atoms with Crippen molar-refractivity contribution in [3.8, 4) is 0 Å². The van der Waals surface area contributed by atoms with Crippen molar-refractivity contribution >= 4 is 11.9 Å². The fourth-order valence-electron chi connectivity index (χ4n) is 2.76. The average molecular weight is 277 g/mol. The summed E-state index contributed by atoms with van der Waals surface area (Å²) in [5.74, 6) is -1.11. The fourth-order valence-corrected chi connectivity index (χ4v) is 2.76. The second-order valence-electron chi connectivity index (χ2n) is 4.87. The number of nitrogens with zero attached hydrogens (tertiary/aromatic N) is 1. The van der Waals surface area contributed by atoms with E-state index in [2.05, 4.69) is 0 Å². The maximum atomic E-state index is 12.1. The van der Waals surface area contributed by atoms with Crippen LogP contribution in [-0.2, 0) is 19.1 Å². The Hall–Kier alpha value is -1.88. The molecule has 0 saturated carbocycles. The standard InChI is InChI=1S/C15H19NO4/c1-11(12-7-5-4-6-8-12)16-10-9-15(16,13(17)19-2)14(18)20-3/h4-8,11H,9-10H2,1-3H3/t11-/m0/s1. The molecule has 2 rings (SSSR count). The molecule has 1 atom stereocenters. The molecule has 108 valence electrons. The number of benzene rings is 1. The molecule has 1 aromatic carbocycles. The van der Waals surface area contributed by atoms with Crippen molar-refractivity contribution < 1.29 is 19.1 Å². The van der Waals surface area contributed by atoms with E-state index in [1.54, 1.807) is 0 Å². The SMILES string of the molecule is COC(=O)C1(C(=O)OC)CCN1[C@@H](C)c1ccccc1. The highest BCUT2D eigenvalue weighted by molar-refractivity contribution is 6.06. The highest BCUT2D eigenvalue weighted by atomic mass is 16.5. The minimum absolute atomic E-state index is 0.0665. The number of carbonyl (C=O) groups is 2. The molecule has 0 radical (unpaired) electrons. The molecule has 1 saturated heterocycles. The summed E-state index contributed by atoms with van der Waals surface area (Å²) in [7, 11) is 2.58. The van der Waals surface area contributed by atoms with Gasteiger partial charge < -0.3 is 9.47 Å². The Bertz CT molecular complexity index is 484.